The highest BCUT2D eigenvalue weighted by Crippen LogP contribution is 2.35. The minimum atomic E-state index is -3.01. The van der Waals surface area contributed by atoms with Crippen LogP contribution >= 0.6 is 11.8 Å². The van der Waals surface area contributed by atoms with Crippen molar-refractivity contribution in [3.63, 3.8) is 0 Å². The number of rotatable bonds is 1. The molecule has 96 valence electrons. The van der Waals surface area contributed by atoms with Crippen LogP contribution in [0.3, 0.4) is 0 Å². The lowest BCUT2D eigenvalue weighted by Crippen LogP contribution is -2.50. The van der Waals surface area contributed by atoms with Gasteiger partial charge in [-0.25, -0.2) is 8.42 Å². The molecular formula is C12H13NO3S2. The van der Waals surface area contributed by atoms with Crippen LogP contribution in [0.25, 0.3) is 0 Å². The van der Waals surface area contributed by atoms with Gasteiger partial charge in [-0.05, 0) is 12.1 Å². The summed E-state index contributed by atoms with van der Waals surface area (Å²) in [5.74, 6) is 0.653. The number of hydrogen-bond acceptors (Lipinski definition) is 4. The Hall–Kier alpha value is -1.01. The molecule has 2 saturated heterocycles. The van der Waals surface area contributed by atoms with Gasteiger partial charge in [0.25, 0.3) is 0 Å². The number of carbonyl (C=O) groups excluding carboxylic acids is 1. The van der Waals surface area contributed by atoms with Crippen LogP contribution in [-0.2, 0) is 14.6 Å². The summed E-state index contributed by atoms with van der Waals surface area (Å²) in [5.41, 5.74) is 0.801. The zero-order chi connectivity index (χ0) is 12.8. The van der Waals surface area contributed by atoms with Gasteiger partial charge in [-0.2, -0.15) is 0 Å². The van der Waals surface area contributed by atoms with E-state index in [2.05, 4.69) is 0 Å². The SMILES string of the molecule is O=C1CS[C@@H]2CS(=O)(=O)C[C@H]2N1c1ccccc1. The van der Waals surface area contributed by atoms with Crippen LogP contribution in [0.1, 0.15) is 0 Å². The van der Waals surface area contributed by atoms with Gasteiger partial charge in [0.05, 0.1) is 23.3 Å². The van der Waals surface area contributed by atoms with Crippen molar-refractivity contribution in [2.75, 3.05) is 22.2 Å². The van der Waals surface area contributed by atoms with Crippen molar-refractivity contribution in [3.05, 3.63) is 30.3 Å². The van der Waals surface area contributed by atoms with Crippen molar-refractivity contribution >= 4 is 33.2 Å². The fourth-order valence-corrected chi connectivity index (χ4v) is 6.38. The molecule has 2 heterocycles. The third-order valence-corrected chi connectivity index (χ3v) is 6.58. The molecule has 2 aliphatic rings. The van der Waals surface area contributed by atoms with Crippen molar-refractivity contribution in [1.82, 2.24) is 0 Å². The molecule has 3 rings (SSSR count). The minimum absolute atomic E-state index is 0.00421. The average molecular weight is 283 g/mol. The molecule has 1 amide bonds. The summed E-state index contributed by atoms with van der Waals surface area (Å²) >= 11 is 1.47. The Morgan fingerprint density at radius 2 is 1.89 bits per heavy atom. The molecule has 1 aromatic carbocycles. The molecule has 2 atom stereocenters. The molecule has 0 bridgehead atoms. The first-order chi connectivity index (χ1) is 8.57. The second kappa shape index (κ2) is 4.28. The van der Waals surface area contributed by atoms with Crippen LogP contribution in [0.4, 0.5) is 5.69 Å². The molecule has 0 spiro atoms. The van der Waals surface area contributed by atoms with E-state index in [1.54, 1.807) is 4.90 Å². The maximum Gasteiger partial charge on any atom is 0.237 e. The normalized spacial score (nSPS) is 30.2. The predicted octanol–water partition coefficient (Wildman–Crippen LogP) is 0.932. The summed E-state index contributed by atoms with van der Waals surface area (Å²) in [5, 5.41) is 0.0212. The van der Waals surface area contributed by atoms with E-state index in [0.29, 0.717) is 5.75 Å². The fourth-order valence-electron chi connectivity index (χ4n) is 2.55. The second-order valence-corrected chi connectivity index (χ2v) is 7.97. The Morgan fingerprint density at radius 1 is 1.17 bits per heavy atom. The lowest BCUT2D eigenvalue weighted by molar-refractivity contribution is -0.116. The monoisotopic (exact) mass is 283 g/mol. The Kier molecular flexibility index (Phi) is 2.86. The summed E-state index contributed by atoms with van der Waals surface area (Å²) in [4.78, 5) is 13.7. The molecule has 0 radical (unpaired) electrons. The molecule has 2 aliphatic heterocycles. The first-order valence-electron chi connectivity index (χ1n) is 5.76. The molecule has 0 aliphatic carbocycles. The van der Waals surface area contributed by atoms with Crippen molar-refractivity contribution < 1.29 is 13.2 Å². The largest absolute Gasteiger partial charge is 0.306 e. The Labute approximate surface area is 110 Å². The molecule has 0 unspecified atom stereocenters. The number of nitrogens with zero attached hydrogens (tertiary/aromatic N) is 1. The number of thioether (sulfide) groups is 1. The first-order valence-corrected chi connectivity index (χ1v) is 8.63. The molecular weight excluding hydrogens is 270 g/mol. The van der Waals surface area contributed by atoms with Gasteiger partial charge in [0.2, 0.25) is 5.91 Å². The Bertz CT molecular complexity index is 570. The van der Waals surface area contributed by atoms with Gasteiger partial charge in [-0.15, -0.1) is 11.8 Å². The number of sulfone groups is 1. The smallest absolute Gasteiger partial charge is 0.237 e. The topological polar surface area (TPSA) is 54.5 Å². The third-order valence-electron chi connectivity index (χ3n) is 3.33. The summed E-state index contributed by atoms with van der Waals surface area (Å²) < 4.78 is 23.5. The zero-order valence-corrected chi connectivity index (χ0v) is 11.3. The maximum absolute atomic E-state index is 12.1. The minimum Gasteiger partial charge on any atom is -0.306 e. The number of anilines is 1. The number of fused-ring (bicyclic) bond motifs is 1. The number of amides is 1. The number of carbonyl (C=O) groups is 1. The number of para-hydroxylation sites is 1. The van der Waals surface area contributed by atoms with E-state index >= 15 is 0 Å². The molecule has 4 nitrogen and oxygen atoms in total. The highest BCUT2D eigenvalue weighted by Gasteiger charge is 2.46. The summed E-state index contributed by atoms with van der Waals surface area (Å²) in [6, 6.07) is 9.12. The molecule has 1 aromatic rings. The van der Waals surface area contributed by atoms with E-state index in [4.69, 9.17) is 0 Å². The van der Waals surface area contributed by atoms with Crippen molar-refractivity contribution in [2.24, 2.45) is 0 Å². The number of benzene rings is 1. The van der Waals surface area contributed by atoms with Crippen LogP contribution in [0.15, 0.2) is 30.3 Å². The summed E-state index contributed by atoms with van der Waals surface area (Å²) in [6.07, 6.45) is 0. The van der Waals surface area contributed by atoms with E-state index in [9.17, 15) is 13.2 Å². The van der Waals surface area contributed by atoms with Crippen LogP contribution in [-0.4, -0.2) is 42.9 Å². The number of hydrogen-bond donors (Lipinski definition) is 0. The van der Waals surface area contributed by atoms with E-state index in [-0.39, 0.29) is 28.7 Å². The zero-order valence-electron chi connectivity index (χ0n) is 9.65. The highest BCUT2D eigenvalue weighted by molar-refractivity contribution is 8.02. The van der Waals surface area contributed by atoms with E-state index < -0.39 is 9.84 Å². The van der Waals surface area contributed by atoms with Gasteiger partial charge in [-0.1, -0.05) is 18.2 Å². The van der Waals surface area contributed by atoms with E-state index in [0.717, 1.165) is 5.69 Å². The van der Waals surface area contributed by atoms with E-state index in [1.807, 2.05) is 30.3 Å². The molecule has 18 heavy (non-hydrogen) atoms. The van der Waals surface area contributed by atoms with Crippen molar-refractivity contribution in [2.45, 2.75) is 11.3 Å². The molecule has 6 heteroatoms. The lowest BCUT2D eigenvalue weighted by atomic mass is 10.1. The summed E-state index contributed by atoms with van der Waals surface area (Å²) in [6.45, 7) is 0. The quantitative estimate of drug-likeness (QED) is 0.769. The van der Waals surface area contributed by atoms with Gasteiger partial charge in [0.1, 0.15) is 0 Å². The van der Waals surface area contributed by atoms with Crippen molar-refractivity contribution in [1.29, 1.82) is 0 Å². The van der Waals surface area contributed by atoms with Crippen LogP contribution in [0.2, 0.25) is 0 Å². The van der Waals surface area contributed by atoms with Crippen LogP contribution in [0.5, 0.6) is 0 Å². The maximum atomic E-state index is 12.1. The van der Waals surface area contributed by atoms with Gasteiger partial charge >= 0.3 is 0 Å². The molecule has 0 N–H and O–H groups in total. The standard InChI is InChI=1S/C12H13NO3S2/c14-12-6-17-11-8-18(15,16)7-10(11)13(12)9-4-2-1-3-5-9/h1-5,10-11H,6-8H2/t10-,11-/m1/s1. The van der Waals surface area contributed by atoms with Gasteiger partial charge in [0.15, 0.2) is 9.84 Å². The third kappa shape index (κ3) is 2.03. The molecule has 0 saturated carbocycles. The fraction of sp³-hybridized carbons (Fsp3) is 0.417. The van der Waals surface area contributed by atoms with Crippen LogP contribution in [0, 0.1) is 0 Å². The average Bonchev–Trinajstić information content (AvgIpc) is 2.64. The Morgan fingerprint density at radius 3 is 2.61 bits per heavy atom. The summed E-state index contributed by atoms with van der Waals surface area (Å²) in [7, 11) is -3.01. The van der Waals surface area contributed by atoms with Crippen LogP contribution < -0.4 is 4.90 Å². The Balaban J connectivity index is 1.99. The van der Waals surface area contributed by atoms with E-state index in [1.165, 1.54) is 11.8 Å². The lowest BCUT2D eigenvalue weighted by Gasteiger charge is -2.36. The predicted molar refractivity (Wildman–Crippen MR) is 72.6 cm³/mol. The van der Waals surface area contributed by atoms with Gasteiger partial charge in [0, 0.05) is 10.9 Å². The molecule has 2 fully saturated rings. The highest BCUT2D eigenvalue weighted by atomic mass is 32.2. The van der Waals surface area contributed by atoms with Crippen molar-refractivity contribution in [3.8, 4) is 0 Å². The first kappa shape index (κ1) is 12.0. The van der Waals surface area contributed by atoms with Gasteiger partial charge < -0.3 is 4.90 Å². The molecule has 0 aromatic heterocycles. The second-order valence-electron chi connectivity index (χ2n) is 4.59. The van der Waals surface area contributed by atoms with Gasteiger partial charge in [-0.3, -0.25) is 4.79 Å².